The van der Waals surface area contributed by atoms with Crippen molar-refractivity contribution in [3.05, 3.63) is 5.01 Å². The zero-order valence-electron chi connectivity index (χ0n) is 10.1. The Morgan fingerprint density at radius 3 is 3.00 bits per heavy atom. The Bertz CT molecular complexity index is 394. The minimum absolute atomic E-state index is 0.207. The van der Waals surface area contributed by atoms with E-state index in [-0.39, 0.29) is 6.03 Å². The number of likely N-dealkylation sites (tertiary alicyclic amines) is 1. The summed E-state index contributed by atoms with van der Waals surface area (Å²) >= 11 is 1.37. The topological polar surface area (TPSA) is 70.1 Å². The van der Waals surface area contributed by atoms with E-state index in [9.17, 15) is 4.79 Å². The highest BCUT2D eigenvalue weighted by Crippen LogP contribution is 2.14. The minimum atomic E-state index is -0.207. The predicted octanol–water partition coefficient (Wildman–Crippen LogP) is 1.06. The molecule has 1 saturated heterocycles. The van der Waals surface area contributed by atoms with Gasteiger partial charge < -0.3 is 10.2 Å². The van der Waals surface area contributed by atoms with Crippen LogP contribution in [0.25, 0.3) is 0 Å². The highest BCUT2D eigenvalue weighted by atomic mass is 32.1. The van der Waals surface area contributed by atoms with Crippen LogP contribution in [0, 0.1) is 6.92 Å². The SMILES string of the molecule is Cc1nnc(NC(=O)NCC2CCCN2C)s1. The van der Waals surface area contributed by atoms with Gasteiger partial charge in [0.2, 0.25) is 5.13 Å². The molecule has 0 spiro atoms. The minimum Gasteiger partial charge on any atom is -0.336 e. The summed E-state index contributed by atoms with van der Waals surface area (Å²) in [5, 5.41) is 14.6. The number of carbonyl (C=O) groups excluding carboxylic acids is 1. The molecule has 1 fully saturated rings. The molecule has 6 nitrogen and oxygen atoms in total. The molecule has 0 aromatic carbocycles. The van der Waals surface area contributed by atoms with Crippen molar-refractivity contribution in [3.8, 4) is 0 Å². The van der Waals surface area contributed by atoms with Gasteiger partial charge in [-0.1, -0.05) is 11.3 Å². The molecule has 1 aliphatic heterocycles. The number of urea groups is 1. The molecule has 1 aromatic heterocycles. The summed E-state index contributed by atoms with van der Waals surface area (Å²) in [5.74, 6) is 0. The number of hydrogen-bond donors (Lipinski definition) is 2. The van der Waals surface area contributed by atoms with E-state index in [2.05, 4.69) is 32.8 Å². The van der Waals surface area contributed by atoms with Crippen LogP contribution in [-0.2, 0) is 0 Å². The Balaban J connectivity index is 1.74. The first-order valence-electron chi connectivity index (χ1n) is 5.70. The van der Waals surface area contributed by atoms with Gasteiger partial charge >= 0.3 is 6.03 Å². The van der Waals surface area contributed by atoms with Crippen molar-refractivity contribution in [2.75, 3.05) is 25.5 Å². The van der Waals surface area contributed by atoms with Crippen LogP contribution in [0.4, 0.5) is 9.93 Å². The quantitative estimate of drug-likeness (QED) is 0.847. The lowest BCUT2D eigenvalue weighted by atomic mass is 10.2. The zero-order chi connectivity index (χ0) is 12.3. The summed E-state index contributed by atoms with van der Waals surface area (Å²) in [6.07, 6.45) is 2.36. The predicted molar refractivity (Wildman–Crippen MR) is 67.3 cm³/mol. The molecule has 0 radical (unpaired) electrons. The Morgan fingerprint density at radius 1 is 1.59 bits per heavy atom. The lowest BCUT2D eigenvalue weighted by Crippen LogP contribution is -2.40. The second-order valence-electron chi connectivity index (χ2n) is 4.24. The first kappa shape index (κ1) is 12.3. The number of aromatic nitrogens is 2. The van der Waals surface area contributed by atoms with E-state index in [0.29, 0.717) is 17.7 Å². The molecular formula is C10H17N5OS. The molecule has 2 N–H and O–H groups in total. The van der Waals surface area contributed by atoms with E-state index < -0.39 is 0 Å². The molecule has 0 aliphatic carbocycles. The molecule has 0 bridgehead atoms. The van der Waals surface area contributed by atoms with E-state index in [1.54, 1.807) is 0 Å². The van der Waals surface area contributed by atoms with Crippen LogP contribution in [0.15, 0.2) is 0 Å². The Kier molecular flexibility index (Phi) is 3.90. The number of carbonyl (C=O) groups is 1. The third-order valence-electron chi connectivity index (χ3n) is 2.92. The van der Waals surface area contributed by atoms with Crippen LogP contribution in [-0.4, -0.2) is 47.3 Å². The maximum atomic E-state index is 11.6. The first-order chi connectivity index (χ1) is 8.15. The molecule has 0 saturated carbocycles. The van der Waals surface area contributed by atoms with Gasteiger partial charge in [-0.25, -0.2) is 4.79 Å². The second-order valence-corrected chi connectivity index (χ2v) is 5.42. The van der Waals surface area contributed by atoms with Crippen LogP contribution in [0.2, 0.25) is 0 Å². The van der Waals surface area contributed by atoms with Gasteiger partial charge in [0.05, 0.1) is 0 Å². The Labute approximate surface area is 104 Å². The smallest absolute Gasteiger partial charge is 0.321 e. The number of hydrogen-bond acceptors (Lipinski definition) is 5. The van der Waals surface area contributed by atoms with Crippen molar-refractivity contribution in [1.82, 2.24) is 20.4 Å². The van der Waals surface area contributed by atoms with Gasteiger partial charge in [-0.05, 0) is 33.4 Å². The summed E-state index contributed by atoms with van der Waals surface area (Å²) in [5.41, 5.74) is 0. The zero-order valence-corrected chi connectivity index (χ0v) is 10.9. The molecule has 2 amide bonds. The van der Waals surface area contributed by atoms with E-state index >= 15 is 0 Å². The van der Waals surface area contributed by atoms with Crippen molar-refractivity contribution in [1.29, 1.82) is 0 Å². The molecule has 2 rings (SSSR count). The number of nitrogens with zero attached hydrogens (tertiary/aromatic N) is 3. The van der Waals surface area contributed by atoms with E-state index in [4.69, 9.17) is 0 Å². The van der Waals surface area contributed by atoms with Gasteiger partial charge in [-0.15, -0.1) is 10.2 Å². The molecule has 1 aromatic rings. The van der Waals surface area contributed by atoms with Gasteiger partial charge in [0.25, 0.3) is 0 Å². The first-order valence-corrected chi connectivity index (χ1v) is 6.52. The maximum absolute atomic E-state index is 11.6. The lowest BCUT2D eigenvalue weighted by Gasteiger charge is -2.19. The van der Waals surface area contributed by atoms with Crippen molar-refractivity contribution in [3.63, 3.8) is 0 Å². The van der Waals surface area contributed by atoms with Crippen LogP contribution < -0.4 is 10.6 Å². The van der Waals surface area contributed by atoms with Crippen LogP contribution in [0.5, 0.6) is 0 Å². The van der Waals surface area contributed by atoms with E-state index in [0.717, 1.165) is 18.0 Å². The largest absolute Gasteiger partial charge is 0.336 e. The summed E-state index contributed by atoms with van der Waals surface area (Å²) in [6, 6.07) is 0.248. The molecule has 1 atom stereocenters. The maximum Gasteiger partial charge on any atom is 0.321 e. The fourth-order valence-corrected chi connectivity index (χ4v) is 2.52. The van der Waals surface area contributed by atoms with E-state index in [1.165, 1.54) is 17.8 Å². The molecule has 17 heavy (non-hydrogen) atoms. The highest BCUT2D eigenvalue weighted by molar-refractivity contribution is 7.15. The van der Waals surface area contributed by atoms with Gasteiger partial charge in [-0.3, -0.25) is 5.32 Å². The number of nitrogens with one attached hydrogen (secondary N) is 2. The molecule has 7 heteroatoms. The normalized spacial score (nSPS) is 20.5. The summed E-state index contributed by atoms with van der Waals surface area (Å²) in [6.45, 7) is 3.65. The van der Waals surface area contributed by atoms with Crippen molar-refractivity contribution in [2.24, 2.45) is 0 Å². The summed E-state index contributed by atoms with van der Waals surface area (Å²) in [7, 11) is 2.09. The average molecular weight is 255 g/mol. The second kappa shape index (κ2) is 5.42. The molecule has 94 valence electrons. The van der Waals surface area contributed by atoms with E-state index in [1.807, 2.05) is 6.92 Å². The third kappa shape index (κ3) is 3.37. The van der Waals surface area contributed by atoms with Crippen molar-refractivity contribution in [2.45, 2.75) is 25.8 Å². The van der Waals surface area contributed by atoms with Gasteiger partial charge in [0, 0.05) is 12.6 Å². The van der Waals surface area contributed by atoms with Gasteiger partial charge in [0.15, 0.2) is 0 Å². The molecule has 2 heterocycles. The standard InChI is InChI=1S/C10H17N5OS/c1-7-13-14-10(17-7)12-9(16)11-6-8-4-3-5-15(8)2/h8H,3-6H2,1-2H3,(H2,11,12,14,16). The van der Waals surface area contributed by atoms with Crippen LogP contribution in [0.3, 0.4) is 0 Å². The summed E-state index contributed by atoms with van der Waals surface area (Å²) < 4.78 is 0. The number of amides is 2. The lowest BCUT2D eigenvalue weighted by molar-refractivity contribution is 0.245. The Hall–Kier alpha value is -1.21. The number of likely N-dealkylation sites (N-methyl/N-ethyl adjacent to an activating group) is 1. The molecule has 1 aliphatic rings. The average Bonchev–Trinajstić information content (AvgIpc) is 2.85. The van der Waals surface area contributed by atoms with Crippen molar-refractivity contribution >= 4 is 22.5 Å². The summed E-state index contributed by atoms with van der Waals surface area (Å²) in [4.78, 5) is 13.9. The number of aryl methyl sites for hydroxylation is 1. The third-order valence-corrected chi connectivity index (χ3v) is 3.67. The molecule has 1 unspecified atom stereocenters. The van der Waals surface area contributed by atoms with Crippen LogP contribution >= 0.6 is 11.3 Å². The highest BCUT2D eigenvalue weighted by Gasteiger charge is 2.21. The number of rotatable bonds is 3. The molecular weight excluding hydrogens is 238 g/mol. The van der Waals surface area contributed by atoms with Crippen molar-refractivity contribution < 1.29 is 4.79 Å². The van der Waals surface area contributed by atoms with Gasteiger partial charge in [0.1, 0.15) is 5.01 Å². The number of anilines is 1. The Morgan fingerprint density at radius 2 is 2.41 bits per heavy atom. The fourth-order valence-electron chi connectivity index (χ4n) is 1.94. The fraction of sp³-hybridized carbons (Fsp3) is 0.700. The monoisotopic (exact) mass is 255 g/mol. The van der Waals surface area contributed by atoms with Gasteiger partial charge in [-0.2, -0.15) is 0 Å². The van der Waals surface area contributed by atoms with Crippen LogP contribution in [0.1, 0.15) is 17.8 Å².